The van der Waals surface area contributed by atoms with Crippen LogP contribution in [-0.4, -0.2) is 52.2 Å². The molecule has 5 rings (SSSR count). The van der Waals surface area contributed by atoms with Gasteiger partial charge in [0.05, 0.1) is 11.6 Å². The summed E-state index contributed by atoms with van der Waals surface area (Å²) >= 11 is 0. The number of aryl methyl sites for hydroxylation is 2. The first-order valence-electron chi connectivity index (χ1n) is 12.8. The number of aromatic nitrogens is 2. The topological polar surface area (TPSA) is 113 Å². The van der Waals surface area contributed by atoms with Crippen LogP contribution in [0.25, 0.3) is 10.9 Å². The van der Waals surface area contributed by atoms with E-state index < -0.39 is 17.9 Å². The van der Waals surface area contributed by atoms with Crippen molar-refractivity contribution in [2.24, 2.45) is 5.92 Å². The third kappa shape index (κ3) is 5.65. The molecule has 0 spiro atoms. The van der Waals surface area contributed by atoms with Crippen LogP contribution in [0.5, 0.6) is 0 Å². The number of carbonyl (C=O) groups excluding carboxylic acids is 1. The fraction of sp³-hybridized carbons (Fsp3) is 0.429. The summed E-state index contributed by atoms with van der Waals surface area (Å²) in [5.74, 6) is 0.168. The molecule has 0 saturated heterocycles. The highest BCUT2D eigenvalue weighted by Crippen LogP contribution is 2.34. The lowest BCUT2D eigenvalue weighted by molar-refractivity contribution is -0.140. The monoisotopic (exact) mass is 488 g/mol. The number of pyridine rings is 2. The Hall–Kier alpha value is -3.52. The van der Waals surface area contributed by atoms with Gasteiger partial charge in [-0.25, -0.2) is 9.78 Å². The third-order valence-electron chi connectivity index (χ3n) is 7.21. The van der Waals surface area contributed by atoms with Gasteiger partial charge in [0.2, 0.25) is 0 Å². The smallest absolute Gasteiger partial charge is 0.326 e. The lowest BCUT2D eigenvalue weighted by Crippen LogP contribution is -2.42. The normalized spacial score (nSPS) is 19.6. The Morgan fingerprint density at radius 1 is 1.17 bits per heavy atom. The maximum atomic E-state index is 12.8. The summed E-state index contributed by atoms with van der Waals surface area (Å²) in [5, 5.41) is 16.4. The first-order chi connectivity index (χ1) is 17.6. The summed E-state index contributed by atoms with van der Waals surface area (Å²) in [7, 11) is 0. The number of rotatable bonds is 10. The molecule has 0 bridgehead atoms. The molecule has 0 radical (unpaired) electrons. The molecule has 1 amide bonds. The summed E-state index contributed by atoms with van der Waals surface area (Å²) < 4.78 is 5.92. The predicted molar refractivity (Wildman–Crippen MR) is 137 cm³/mol. The van der Waals surface area contributed by atoms with Crippen LogP contribution in [0.3, 0.4) is 0 Å². The number of nitrogens with zero attached hydrogens (tertiary/aromatic N) is 2. The van der Waals surface area contributed by atoms with Crippen LogP contribution >= 0.6 is 0 Å². The molecule has 8 nitrogen and oxygen atoms in total. The number of fused-ring (bicyclic) bond motifs is 2. The zero-order valence-electron chi connectivity index (χ0n) is 20.3. The first-order valence-corrected chi connectivity index (χ1v) is 12.8. The summed E-state index contributed by atoms with van der Waals surface area (Å²) in [6.45, 7) is 1.29. The highest BCUT2D eigenvalue weighted by molar-refractivity contribution is 6.07. The Morgan fingerprint density at radius 3 is 2.92 bits per heavy atom. The Labute approximate surface area is 210 Å². The molecule has 36 heavy (non-hydrogen) atoms. The van der Waals surface area contributed by atoms with Gasteiger partial charge in [0.15, 0.2) is 0 Å². The lowest BCUT2D eigenvalue weighted by Gasteiger charge is -2.35. The molecule has 188 valence electrons. The molecule has 3 heterocycles. The molecule has 3 aromatic rings. The lowest BCUT2D eigenvalue weighted by atomic mass is 9.79. The van der Waals surface area contributed by atoms with E-state index in [2.05, 4.69) is 27.8 Å². The molecule has 1 fully saturated rings. The predicted octanol–water partition coefficient (Wildman–Crippen LogP) is 3.99. The van der Waals surface area contributed by atoms with Crippen LogP contribution < -0.4 is 10.6 Å². The zero-order valence-corrected chi connectivity index (χ0v) is 20.3. The van der Waals surface area contributed by atoms with Crippen molar-refractivity contribution in [2.75, 3.05) is 18.5 Å². The second-order valence-corrected chi connectivity index (χ2v) is 9.74. The molecule has 1 atom stereocenters. The summed E-state index contributed by atoms with van der Waals surface area (Å²) in [5.41, 5.74) is 3.55. The van der Waals surface area contributed by atoms with Gasteiger partial charge in [-0.1, -0.05) is 18.2 Å². The number of aliphatic carboxylic acids is 1. The van der Waals surface area contributed by atoms with Crippen LogP contribution in [0.15, 0.2) is 48.7 Å². The fourth-order valence-corrected chi connectivity index (χ4v) is 5.05. The first kappa shape index (κ1) is 24.2. The SMILES string of the molecule is O=C(N[C@@H](CCOC1CC(CCc2ccc3c(n2)NCCC3)C1)C(=O)O)c1cccc2ncccc12. The maximum absolute atomic E-state index is 12.8. The number of hydrogen-bond donors (Lipinski definition) is 3. The van der Waals surface area contributed by atoms with E-state index in [1.807, 2.05) is 12.1 Å². The average molecular weight is 489 g/mol. The van der Waals surface area contributed by atoms with Crippen molar-refractivity contribution in [1.29, 1.82) is 0 Å². The van der Waals surface area contributed by atoms with E-state index in [1.54, 1.807) is 24.4 Å². The quantitative estimate of drug-likeness (QED) is 0.395. The molecule has 8 heteroatoms. The number of carbonyl (C=O) groups is 2. The van der Waals surface area contributed by atoms with Gasteiger partial charge in [-0.2, -0.15) is 0 Å². The number of nitrogens with one attached hydrogen (secondary N) is 2. The number of hydrogen-bond acceptors (Lipinski definition) is 6. The summed E-state index contributed by atoms with van der Waals surface area (Å²) in [6.07, 6.45) is 8.31. The third-order valence-corrected chi connectivity index (χ3v) is 7.21. The molecule has 0 unspecified atom stereocenters. The van der Waals surface area contributed by atoms with E-state index in [4.69, 9.17) is 9.72 Å². The molecular weight excluding hydrogens is 456 g/mol. The van der Waals surface area contributed by atoms with Crippen molar-refractivity contribution < 1.29 is 19.4 Å². The van der Waals surface area contributed by atoms with Crippen molar-refractivity contribution in [3.63, 3.8) is 0 Å². The van der Waals surface area contributed by atoms with Gasteiger partial charge in [-0.15, -0.1) is 0 Å². The molecule has 1 aliphatic carbocycles. The van der Waals surface area contributed by atoms with E-state index in [-0.39, 0.29) is 12.5 Å². The standard InChI is InChI=1S/C28H32N4O4/c33-27(23-5-1-7-24-22(23)6-3-13-29-24)32-25(28(34)35)12-15-36-21-16-18(17-21)8-10-20-11-9-19-4-2-14-30-26(19)31-20/h1,3,5-7,9,11,13,18,21,25H,2,4,8,10,12,14-17H2,(H,30,31)(H,32,33)(H,34,35)/t18?,21?,25-/m0/s1. The van der Waals surface area contributed by atoms with Crippen LogP contribution in [0.2, 0.25) is 0 Å². The van der Waals surface area contributed by atoms with E-state index in [9.17, 15) is 14.7 Å². The second kappa shape index (κ2) is 11.0. The zero-order chi connectivity index (χ0) is 24.9. The van der Waals surface area contributed by atoms with Crippen molar-refractivity contribution in [1.82, 2.24) is 15.3 Å². The maximum Gasteiger partial charge on any atom is 0.326 e. The van der Waals surface area contributed by atoms with Gasteiger partial charge in [0, 0.05) is 42.4 Å². The van der Waals surface area contributed by atoms with Gasteiger partial charge >= 0.3 is 5.97 Å². The van der Waals surface area contributed by atoms with Crippen LogP contribution in [0.4, 0.5) is 5.82 Å². The largest absolute Gasteiger partial charge is 0.480 e. The second-order valence-electron chi connectivity index (χ2n) is 9.74. The van der Waals surface area contributed by atoms with Crippen molar-refractivity contribution in [2.45, 2.75) is 57.1 Å². The van der Waals surface area contributed by atoms with E-state index in [0.29, 0.717) is 29.0 Å². The molecule has 2 aliphatic rings. The number of carboxylic acid groups (broad SMARTS) is 1. The highest BCUT2D eigenvalue weighted by atomic mass is 16.5. The Bertz CT molecular complexity index is 1240. The Kier molecular flexibility index (Phi) is 7.41. The molecule has 1 aliphatic heterocycles. The van der Waals surface area contributed by atoms with Crippen molar-refractivity contribution >= 4 is 28.6 Å². The molecular formula is C28H32N4O4. The highest BCUT2D eigenvalue weighted by Gasteiger charge is 2.30. The van der Waals surface area contributed by atoms with Crippen molar-refractivity contribution in [3.8, 4) is 0 Å². The van der Waals surface area contributed by atoms with Gasteiger partial charge in [0.25, 0.3) is 5.91 Å². The fourth-order valence-electron chi connectivity index (χ4n) is 5.05. The van der Waals surface area contributed by atoms with Gasteiger partial charge in [0.1, 0.15) is 11.9 Å². The number of ether oxygens (including phenoxy) is 1. The van der Waals surface area contributed by atoms with Crippen LogP contribution in [0.1, 0.15) is 53.7 Å². The summed E-state index contributed by atoms with van der Waals surface area (Å²) in [4.78, 5) is 33.6. The number of anilines is 1. The minimum Gasteiger partial charge on any atom is -0.480 e. The van der Waals surface area contributed by atoms with Gasteiger partial charge in [-0.05, 0) is 74.3 Å². The van der Waals surface area contributed by atoms with Crippen LogP contribution in [0, 0.1) is 5.92 Å². The minimum atomic E-state index is -1.07. The Balaban J connectivity index is 1.04. The van der Waals surface area contributed by atoms with Gasteiger partial charge in [-0.3, -0.25) is 9.78 Å². The van der Waals surface area contributed by atoms with Crippen LogP contribution in [-0.2, 0) is 22.4 Å². The van der Waals surface area contributed by atoms with E-state index in [1.165, 1.54) is 12.0 Å². The molecule has 3 N–H and O–H groups in total. The number of carboxylic acids is 1. The van der Waals surface area contributed by atoms with E-state index in [0.717, 1.165) is 50.2 Å². The number of benzene rings is 1. The average Bonchev–Trinajstić information content (AvgIpc) is 2.88. The number of amides is 1. The van der Waals surface area contributed by atoms with Gasteiger partial charge < -0.3 is 20.5 Å². The minimum absolute atomic E-state index is 0.155. The summed E-state index contributed by atoms with van der Waals surface area (Å²) in [6, 6.07) is 12.1. The van der Waals surface area contributed by atoms with E-state index >= 15 is 0 Å². The molecule has 1 aromatic carbocycles. The molecule has 1 saturated carbocycles. The Morgan fingerprint density at radius 2 is 2.06 bits per heavy atom. The van der Waals surface area contributed by atoms with Crippen molar-refractivity contribution in [3.05, 3.63) is 65.5 Å². The molecule has 2 aromatic heterocycles.